The van der Waals surface area contributed by atoms with Crippen molar-refractivity contribution in [1.29, 1.82) is 0 Å². The van der Waals surface area contributed by atoms with Crippen LogP contribution in [-0.4, -0.2) is 61.4 Å². The van der Waals surface area contributed by atoms with Crippen LogP contribution in [0.2, 0.25) is 0 Å². The fourth-order valence-corrected chi connectivity index (χ4v) is 2.56. The lowest BCUT2D eigenvalue weighted by atomic mass is 9.95. The molecule has 0 aromatic carbocycles. The first-order chi connectivity index (χ1) is 9.01. The third-order valence-corrected chi connectivity index (χ3v) is 4.22. The standard InChI is InChI=1S/C14H28N2O3/c1-14(15-2,13(17)18)8-4-5-9-16-10-6-7-12(11-16)19-3/h12,15H,4-11H2,1-3H3,(H,17,18). The van der Waals surface area contributed by atoms with Gasteiger partial charge in [-0.15, -0.1) is 0 Å². The van der Waals surface area contributed by atoms with Gasteiger partial charge in [0.1, 0.15) is 5.54 Å². The molecule has 112 valence electrons. The summed E-state index contributed by atoms with van der Waals surface area (Å²) < 4.78 is 5.40. The van der Waals surface area contributed by atoms with E-state index in [1.54, 1.807) is 21.1 Å². The first-order valence-electron chi connectivity index (χ1n) is 7.19. The van der Waals surface area contributed by atoms with Gasteiger partial charge in [-0.05, 0) is 59.2 Å². The van der Waals surface area contributed by atoms with Gasteiger partial charge in [0.05, 0.1) is 6.10 Å². The fraction of sp³-hybridized carbons (Fsp3) is 0.929. The Morgan fingerprint density at radius 3 is 2.84 bits per heavy atom. The van der Waals surface area contributed by atoms with E-state index in [-0.39, 0.29) is 0 Å². The molecule has 0 saturated carbocycles. The Labute approximate surface area is 116 Å². The highest BCUT2D eigenvalue weighted by Gasteiger charge is 2.30. The molecule has 2 N–H and O–H groups in total. The maximum atomic E-state index is 11.1. The highest BCUT2D eigenvalue weighted by atomic mass is 16.5. The predicted molar refractivity (Wildman–Crippen MR) is 75.4 cm³/mol. The van der Waals surface area contributed by atoms with Crippen LogP contribution in [0.15, 0.2) is 0 Å². The number of likely N-dealkylation sites (tertiary alicyclic amines) is 1. The molecule has 1 aliphatic heterocycles. The number of hydrogen-bond donors (Lipinski definition) is 2. The van der Waals surface area contributed by atoms with Crippen LogP contribution >= 0.6 is 0 Å². The van der Waals surface area contributed by atoms with E-state index >= 15 is 0 Å². The number of nitrogens with one attached hydrogen (secondary N) is 1. The second-order valence-electron chi connectivity index (χ2n) is 5.64. The van der Waals surface area contributed by atoms with Crippen LogP contribution < -0.4 is 5.32 Å². The van der Waals surface area contributed by atoms with Crippen molar-refractivity contribution >= 4 is 5.97 Å². The van der Waals surface area contributed by atoms with Crippen LogP contribution in [0.5, 0.6) is 0 Å². The Kier molecular flexibility index (Phi) is 6.75. The molecule has 0 spiro atoms. The molecule has 0 aromatic heterocycles. The first-order valence-corrected chi connectivity index (χ1v) is 7.19. The van der Waals surface area contributed by atoms with E-state index < -0.39 is 11.5 Å². The van der Waals surface area contributed by atoms with Crippen LogP contribution in [0.1, 0.15) is 39.0 Å². The Morgan fingerprint density at radius 2 is 2.26 bits per heavy atom. The number of piperidine rings is 1. The van der Waals surface area contributed by atoms with Crippen molar-refractivity contribution in [2.24, 2.45) is 0 Å². The highest BCUT2D eigenvalue weighted by Crippen LogP contribution is 2.16. The zero-order valence-electron chi connectivity index (χ0n) is 12.4. The molecule has 1 saturated heterocycles. The number of carboxylic acids is 1. The molecular formula is C14H28N2O3. The number of likely N-dealkylation sites (N-methyl/N-ethyl adjacent to an activating group) is 1. The van der Waals surface area contributed by atoms with Gasteiger partial charge in [0, 0.05) is 13.7 Å². The maximum Gasteiger partial charge on any atom is 0.323 e. The van der Waals surface area contributed by atoms with Gasteiger partial charge in [-0.2, -0.15) is 0 Å². The zero-order chi connectivity index (χ0) is 14.3. The average molecular weight is 272 g/mol. The number of unbranched alkanes of at least 4 members (excludes halogenated alkanes) is 1. The van der Waals surface area contributed by atoms with Gasteiger partial charge in [0.2, 0.25) is 0 Å². The molecule has 1 fully saturated rings. The number of carbonyl (C=O) groups is 1. The summed E-state index contributed by atoms with van der Waals surface area (Å²) in [7, 11) is 3.49. The van der Waals surface area contributed by atoms with Crippen molar-refractivity contribution in [3.05, 3.63) is 0 Å². The Balaban J connectivity index is 2.21. The van der Waals surface area contributed by atoms with E-state index in [0.717, 1.165) is 38.9 Å². The normalized spacial score (nSPS) is 24.1. The highest BCUT2D eigenvalue weighted by molar-refractivity contribution is 5.78. The fourth-order valence-electron chi connectivity index (χ4n) is 2.56. The number of nitrogens with zero attached hydrogens (tertiary/aromatic N) is 1. The van der Waals surface area contributed by atoms with E-state index in [1.165, 1.54) is 6.42 Å². The Morgan fingerprint density at radius 1 is 1.53 bits per heavy atom. The second-order valence-corrected chi connectivity index (χ2v) is 5.64. The molecule has 0 radical (unpaired) electrons. The summed E-state index contributed by atoms with van der Waals surface area (Å²) in [6.45, 7) is 4.94. The van der Waals surface area contributed by atoms with Crippen LogP contribution in [-0.2, 0) is 9.53 Å². The van der Waals surface area contributed by atoms with Gasteiger partial charge in [-0.3, -0.25) is 4.79 Å². The SMILES string of the molecule is CNC(C)(CCCCN1CCCC(OC)C1)C(=O)O. The van der Waals surface area contributed by atoms with Gasteiger partial charge < -0.3 is 20.1 Å². The van der Waals surface area contributed by atoms with Crippen molar-refractivity contribution in [3.63, 3.8) is 0 Å². The minimum atomic E-state index is -0.795. The van der Waals surface area contributed by atoms with Gasteiger partial charge in [0.15, 0.2) is 0 Å². The molecule has 0 aromatic rings. The van der Waals surface area contributed by atoms with Crippen molar-refractivity contribution in [2.45, 2.75) is 50.7 Å². The number of rotatable bonds is 8. The van der Waals surface area contributed by atoms with E-state index in [4.69, 9.17) is 9.84 Å². The van der Waals surface area contributed by atoms with Crippen molar-refractivity contribution < 1.29 is 14.6 Å². The lowest BCUT2D eigenvalue weighted by Gasteiger charge is -2.32. The Hall–Kier alpha value is -0.650. The van der Waals surface area contributed by atoms with Crippen LogP contribution in [0.25, 0.3) is 0 Å². The predicted octanol–water partition coefficient (Wildman–Crippen LogP) is 1.33. The quantitative estimate of drug-likeness (QED) is 0.653. The molecule has 5 heteroatoms. The lowest BCUT2D eigenvalue weighted by Crippen LogP contribution is -2.47. The van der Waals surface area contributed by atoms with Crippen LogP contribution in [0, 0.1) is 0 Å². The van der Waals surface area contributed by atoms with E-state index in [1.807, 2.05) is 0 Å². The number of ether oxygens (including phenoxy) is 1. The van der Waals surface area contributed by atoms with Crippen LogP contribution in [0.3, 0.4) is 0 Å². The second kappa shape index (κ2) is 7.82. The molecule has 0 amide bonds. The molecule has 5 nitrogen and oxygen atoms in total. The minimum absolute atomic E-state index is 0.371. The van der Waals surface area contributed by atoms with Crippen LogP contribution in [0.4, 0.5) is 0 Å². The zero-order valence-corrected chi connectivity index (χ0v) is 12.4. The van der Waals surface area contributed by atoms with Gasteiger partial charge in [-0.1, -0.05) is 0 Å². The summed E-state index contributed by atoms with van der Waals surface area (Å²) in [5, 5.41) is 12.1. The van der Waals surface area contributed by atoms with E-state index in [0.29, 0.717) is 12.5 Å². The molecule has 0 aliphatic carbocycles. The topological polar surface area (TPSA) is 61.8 Å². The number of hydrogen-bond acceptors (Lipinski definition) is 4. The minimum Gasteiger partial charge on any atom is -0.480 e. The van der Waals surface area contributed by atoms with Crippen molar-refractivity contribution in [2.75, 3.05) is 33.8 Å². The average Bonchev–Trinajstić information content (AvgIpc) is 2.43. The summed E-state index contributed by atoms with van der Waals surface area (Å²) in [6.07, 6.45) is 5.36. The van der Waals surface area contributed by atoms with E-state index in [9.17, 15) is 4.79 Å². The lowest BCUT2D eigenvalue weighted by molar-refractivity contribution is -0.144. The number of methoxy groups -OCH3 is 1. The van der Waals surface area contributed by atoms with Gasteiger partial charge in [-0.25, -0.2) is 0 Å². The third-order valence-electron chi connectivity index (χ3n) is 4.22. The molecule has 2 atom stereocenters. The molecule has 1 rings (SSSR count). The van der Waals surface area contributed by atoms with E-state index in [2.05, 4.69) is 10.2 Å². The smallest absolute Gasteiger partial charge is 0.323 e. The maximum absolute atomic E-state index is 11.1. The molecule has 1 aliphatic rings. The van der Waals surface area contributed by atoms with Crippen molar-refractivity contribution in [3.8, 4) is 0 Å². The molecule has 19 heavy (non-hydrogen) atoms. The summed E-state index contributed by atoms with van der Waals surface area (Å²) in [5.41, 5.74) is -0.795. The summed E-state index contributed by atoms with van der Waals surface area (Å²) >= 11 is 0. The monoisotopic (exact) mass is 272 g/mol. The molecule has 0 bridgehead atoms. The van der Waals surface area contributed by atoms with Crippen molar-refractivity contribution in [1.82, 2.24) is 10.2 Å². The summed E-state index contributed by atoms with van der Waals surface area (Å²) in [6, 6.07) is 0. The third kappa shape index (κ3) is 5.09. The van der Waals surface area contributed by atoms with Gasteiger partial charge >= 0.3 is 5.97 Å². The molecule has 1 heterocycles. The first kappa shape index (κ1) is 16.4. The summed E-state index contributed by atoms with van der Waals surface area (Å²) in [5.74, 6) is -0.771. The Bertz CT molecular complexity index is 286. The molecular weight excluding hydrogens is 244 g/mol. The largest absolute Gasteiger partial charge is 0.480 e. The number of carboxylic acid groups (broad SMARTS) is 1. The van der Waals surface area contributed by atoms with Gasteiger partial charge in [0.25, 0.3) is 0 Å². The molecule has 2 unspecified atom stereocenters. The number of aliphatic carboxylic acids is 1. The summed E-state index contributed by atoms with van der Waals surface area (Å²) in [4.78, 5) is 13.6.